The molecule has 2 fully saturated rings. The number of allylic oxidation sites excluding steroid dienone is 2. The van der Waals surface area contributed by atoms with Crippen LogP contribution in [0, 0.1) is 37.0 Å². The van der Waals surface area contributed by atoms with Crippen LogP contribution in [0.2, 0.25) is 10.0 Å². The predicted octanol–water partition coefficient (Wildman–Crippen LogP) is 14.0. The van der Waals surface area contributed by atoms with Crippen molar-refractivity contribution < 1.29 is 14.3 Å². The second-order valence-corrected chi connectivity index (χ2v) is 22.2. The number of carbonyl (C=O) groups excluding carboxylic acids is 2. The molecule has 4 aromatic heterocycles. The third kappa shape index (κ3) is 12.5. The first-order valence-electron chi connectivity index (χ1n) is 26.1. The smallest absolute Gasteiger partial charge is 0.410 e. The summed E-state index contributed by atoms with van der Waals surface area (Å²) < 4.78 is 9.84. The van der Waals surface area contributed by atoms with Gasteiger partial charge in [0.25, 0.3) is 0 Å². The highest BCUT2D eigenvalue weighted by atomic mass is 35.5. The summed E-state index contributed by atoms with van der Waals surface area (Å²) in [5.41, 5.74) is 14.3. The topological polar surface area (TPSA) is 147 Å². The van der Waals surface area contributed by atoms with Crippen LogP contribution < -0.4 is 5.32 Å². The number of hydrogen-bond donors (Lipinski definition) is 1. The molecule has 15 heteroatoms. The van der Waals surface area contributed by atoms with Crippen molar-refractivity contribution in [2.45, 2.75) is 98.3 Å². The molecular weight excluding hydrogens is 1000 g/mol. The average molecular weight is 1070 g/mol. The molecule has 6 heterocycles. The number of ether oxygens (including phenoxy) is 1. The van der Waals surface area contributed by atoms with Gasteiger partial charge in [-0.05, 0) is 178 Å². The van der Waals surface area contributed by atoms with Crippen LogP contribution in [-0.4, -0.2) is 82.8 Å². The molecule has 396 valence electrons. The molecule has 0 radical (unpaired) electrons. The quantitative estimate of drug-likeness (QED) is 0.166. The van der Waals surface area contributed by atoms with Crippen molar-refractivity contribution in [3.63, 3.8) is 0 Å². The largest absolute Gasteiger partial charge is 0.444 e. The lowest BCUT2D eigenvalue weighted by atomic mass is 9.76. The third-order valence-corrected chi connectivity index (χ3v) is 15.3. The number of nitrogens with zero attached hydrogens (tertiary/aromatic N) is 9. The van der Waals surface area contributed by atoms with Crippen molar-refractivity contribution in [1.29, 1.82) is 5.26 Å². The number of nitriles is 1. The van der Waals surface area contributed by atoms with Crippen LogP contribution in [0.4, 0.5) is 15.3 Å². The van der Waals surface area contributed by atoms with Crippen LogP contribution in [0.3, 0.4) is 0 Å². The minimum atomic E-state index is -0.494. The molecule has 7 aromatic rings. The molecule has 2 aliphatic heterocycles. The number of rotatable bonds is 7. The predicted molar refractivity (Wildman–Crippen MR) is 306 cm³/mol. The highest BCUT2D eigenvalue weighted by Crippen LogP contribution is 2.47. The normalized spacial score (nSPS) is 17.2. The van der Waals surface area contributed by atoms with E-state index in [1.54, 1.807) is 24.3 Å². The molecule has 3 amide bonds. The Morgan fingerprint density at radius 1 is 0.675 bits per heavy atom. The van der Waals surface area contributed by atoms with Gasteiger partial charge in [0.2, 0.25) is 0 Å². The SMILES string of the molecule is C.Cc1cn(CC2=Cc3cc(Cl)ccc3C(C3CCN(C(=O)Nc4ccc(C#N)cc4)CC3)c3ncccc32)cn1.Cc1cn(CC2=Cc3cc(Cl)ccc3C(C3CCN(C(=O)OC(C)(C)C)CC3)c3ncccc32)cn1. The number of piperidine rings is 2. The van der Waals surface area contributed by atoms with Gasteiger partial charge in [-0.3, -0.25) is 9.97 Å². The lowest BCUT2D eigenvalue weighted by molar-refractivity contribution is 0.0178. The number of pyridine rings is 2. The molecular formula is C62H66Cl2N10O3. The molecule has 0 spiro atoms. The lowest BCUT2D eigenvalue weighted by Gasteiger charge is -2.37. The van der Waals surface area contributed by atoms with E-state index in [1.807, 2.05) is 93.7 Å². The van der Waals surface area contributed by atoms with E-state index in [0.717, 1.165) is 75.7 Å². The minimum Gasteiger partial charge on any atom is -0.444 e. The van der Waals surface area contributed by atoms with E-state index in [0.29, 0.717) is 67.4 Å². The lowest BCUT2D eigenvalue weighted by Crippen LogP contribution is -2.42. The molecule has 3 aromatic carbocycles. The zero-order valence-corrected chi connectivity index (χ0v) is 45.1. The van der Waals surface area contributed by atoms with Crippen LogP contribution >= 0.6 is 23.2 Å². The Bertz CT molecular complexity index is 3370. The molecule has 4 aliphatic rings. The van der Waals surface area contributed by atoms with Gasteiger partial charge in [0, 0.05) is 103 Å². The fourth-order valence-corrected chi connectivity index (χ4v) is 11.7. The van der Waals surface area contributed by atoms with Crippen molar-refractivity contribution in [2.75, 3.05) is 31.5 Å². The first kappa shape index (κ1) is 54.3. The van der Waals surface area contributed by atoms with Gasteiger partial charge in [-0.15, -0.1) is 0 Å². The number of aromatic nitrogens is 6. The van der Waals surface area contributed by atoms with E-state index in [1.165, 1.54) is 22.3 Å². The van der Waals surface area contributed by atoms with Crippen molar-refractivity contribution in [3.8, 4) is 6.07 Å². The zero-order chi connectivity index (χ0) is 53.1. The van der Waals surface area contributed by atoms with Crippen molar-refractivity contribution in [3.05, 3.63) is 194 Å². The summed E-state index contributed by atoms with van der Waals surface area (Å²) in [6.07, 6.45) is 19.4. The second-order valence-electron chi connectivity index (χ2n) is 21.3. The first-order chi connectivity index (χ1) is 36.7. The number of likely N-dealkylation sites (tertiary alicyclic amines) is 2. The fraction of sp³-hybridized carbons (Fsp3) is 0.339. The number of aryl methyl sites for hydroxylation is 2. The van der Waals surface area contributed by atoms with E-state index < -0.39 is 5.60 Å². The van der Waals surface area contributed by atoms with Gasteiger partial charge in [0.1, 0.15) is 5.60 Å². The summed E-state index contributed by atoms with van der Waals surface area (Å²) in [6, 6.07) is 29.6. The first-order valence-corrected chi connectivity index (χ1v) is 26.8. The van der Waals surface area contributed by atoms with Gasteiger partial charge in [-0.1, -0.05) is 54.9 Å². The molecule has 13 nitrogen and oxygen atoms in total. The molecule has 2 saturated heterocycles. The van der Waals surface area contributed by atoms with Crippen LogP contribution in [-0.2, 0) is 17.8 Å². The van der Waals surface area contributed by atoms with Crippen molar-refractivity contribution >= 4 is 64.3 Å². The monoisotopic (exact) mass is 1070 g/mol. The average Bonchev–Trinajstić information content (AvgIpc) is 3.98. The van der Waals surface area contributed by atoms with Gasteiger partial charge in [-0.25, -0.2) is 19.6 Å². The molecule has 0 saturated carbocycles. The summed E-state index contributed by atoms with van der Waals surface area (Å²) in [6.45, 7) is 13.8. The highest BCUT2D eigenvalue weighted by Gasteiger charge is 2.38. The molecule has 0 bridgehead atoms. The second kappa shape index (κ2) is 23.4. The number of urea groups is 1. The van der Waals surface area contributed by atoms with E-state index in [4.69, 9.17) is 43.2 Å². The Hall–Kier alpha value is -7.53. The number of carbonyl (C=O) groups is 2. The summed E-state index contributed by atoms with van der Waals surface area (Å²) in [7, 11) is 0. The summed E-state index contributed by atoms with van der Waals surface area (Å²) >= 11 is 13.0. The summed E-state index contributed by atoms with van der Waals surface area (Å²) in [4.78, 5) is 48.1. The number of nitrogens with one attached hydrogen (secondary N) is 1. The number of benzene rings is 3. The van der Waals surface area contributed by atoms with Crippen molar-refractivity contribution in [1.82, 2.24) is 38.9 Å². The number of anilines is 1. The van der Waals surface area contributed by atoms with Gasteiger partial charge < -0.3 is 29.0 Å². The van der Waals surface area contributed by atoms with Crippen molar-refractivity contribution in [2.24, 2.45) is 11.8 Å². The maximum atomic E-state index is 13.0. The zero-order valence-electron chi connectivity index (χ0n) is 43.6. The van der Waals surface area contributed by atoms with Gasteiger partial charge in [-0.2, -0.15) is 5.26 Å². The Balaban J connectivity index is 0.000000186. The third-order valence-electron chi connectivity index (χ3n) is 14.8. The Kier molecular flexibility index (Phi) is 16.5. The van der Waals surface area contributed by atoms with Crippen LogP contribution in [0.1, 0.15) is 127 Å². The van der Waals surface area contributed by atoms with Gasteiger partial charge in [0.15, 0.2) is 0 Å². The van der Waals surface area contributed by atoms with E-state index in [9.17, 15) is 9.59 Å². The number of imidazole rings is 2. The van der Waals surface area contributed by atoms with Crippen LogP contribution in [0.25, 0.3) is 23.3 Å². The minimum absolute atomic E-state index is 0. The number of fused-ring (bicyclic) bond motifs is 4. The Labute approximate surface area is 462 Å². The molecule has 2 unspecified atom stereocenters. The Morgan fingerprint density at radius 2 is 1.14 bits per heavy atom. The Morgan fingerprint density at radius 3 is 1.57 bits per heavy atom. The standard InChI is InChI=1S/C32H29ClN6O.C29H33ClN4O2.CH4/c1-21-18-38(20-36-21)19-25-15-24-16-26(33)6-9-28(24)30(31-29(25)3-2-12-35-31)23-10-13-39(14-11-23)32(40)37-27-7-4-22(17-34)5-8-27;1-19-16-33(18-32-19)17-22-14-21-15-23(30)7-8-24(21)26(27-25(22)6-5-11-31-27)20-9-12-34(13-10-20)28(35)36-29(2,3)4;/h2-9,12,15-16,18,20,23,30H,10-11,13-14,19H2,1H3,(H,37,40);5-8,11,14-16,18,20,26H,9-10,12-13,17H2,1-4H3;1H4. The van der Waals surface area contributed by atoms with E-state index >= 15 is 0 Å². The number of halogens is 2. The fourth-order valence-electron chi connectivity index (χ4n) is 11.3. The molecule has 2 atom stereocenters. The summed E-state index contributed by atoms with van der Waals surface area (Å²) in [5, 5.41) is 13.4. The van der Waals surface area contributed by atoms with E-state index in [-0.39, 0.29) is 31.4 Å². The van der Waals surface area contributed by atoms with Gasteiger partial charge in [0.05, 0.1) is 47.1 Å². The molecule has 1 N–H and O–H groups in total. The number of amides is 3. The van der Waals surface area contributed by atoms with Crippen LogP contribution in [0.15, 0.2) is 122 Å². The maximum absolute atomic E-state index is 13.0. The number of hydrogen-bond acceptors (Lipinski definition) is 8. The highest BCUT2D eigenvalue weighted by molar-refractivity contribution is 6.31. The van der Waals surface area contributed by atoms with Gasteiger partial charge >= 0.3 is 12.1 Å². The molecule has 77 heavy (non-hydrogen) atoms. The summed E-state index contributed by atoms with van der Waals surface area (Å²) in [5.74, 6) is 0.870. The van der Waals surface area contributed by atoms with E-state index in [2.05, 4.69) is 91.4 Å². The molecule has 2 aliphatic carbocycles. The molecule has 11 rings (SSSR count). The van der Waals surface area contributed by atoms with Crippen LogP contribution in [0.5, 0.6) is 0 Å². The maximum Gasteiger partial charge on any atom is 0.410 e.